The van der Waals surface area contributed by atoms with Gasteiger partial charge in [-0.25, -0.2) is 0 Å². The number of fused-ring (bicyclic) bond motifs is 1. The highest BCUT2D eigenvalue weighted by atomic mass is 14.9. The Morgan fingerprint density at radius 2 is 1.95 bits per heavy atom. The zero-order chi connectivity index (χ0) is 14.7. The Morgan fingerprint density at radius 1 is 1.10 bits per heavy atom. The zero-order valence-corrected chi connectivity index (χ0v) is 12.0. The lowest BCUT2D eigenvalue weighted by molar-refractivity contribution is 0.973. The molecule has 0 aliphatic carbocycles. The van der Waals surface area contributed by atoms with Crippen LogP contribution < -0.4 is 11.1 Å². The minimum Gasteiger partial charge on any atom is -0.396 e. The van der Waals surface area contributed by atoms with Crippen molar-refractivity contribution in [2.45, 2.75) is 19.9 Å². The number of nitrogens with two attached hydrogens (primary N) is 1. The number of aromatic nitrogens is 2. The fourth-order valence-electron chi connectivity index (χ4n) is 2.48. The summed E-state index contributed by atoms with van der Waals surface area (Å²) in [6.07, 6.45) is 4.49. The van der Waals surface area contributed by atoms with E-state index in [1.54, 1.807) is 6.20 Å². The van der Waals surface area contributed by atoms with Crippen LogP contribution >= 0.6 is 0 Å². The molecular formula is C17H18N4. The standard InChI is InChI=1S/C17H18N4/c1-2-12-6-5-9-19-16(12)11-21-17-13-7-3-4-8-15(13)20-10-14(17)18/h3-10H,2,11,18H2,1H3,(H,20,21). The first-order chi connectivity index (χ1) is 10.3. The summed E-state index contributed by atoms with van der Waals surface area (Å²) < 4.78 is 0. The fraction of sp³-hybridized carbons (Fsp3) is 0.176. The molecule has 0 unspecified atom stereocenters. The molecule has 0 bridgehead atoms. The summed E-state index contributed by atoms with van der Waals surface area (Å²) in [5, 5.41) is 4.45. The second-order valence-electron chi connectivity index (χ2n) is 4.92. The Morgan fingerprint density at radius 3 is 2.81 bits per heavy atom. The molecule has 3 rings (SSSR count). The molecule has 4 heteroatoms. The smallest absolute Gasteiger partial charge is 0.0743 e. The van der Waals surface area contributed by atoms with E-state index in [1.165, 1.54) is 5.56 Å². The van der Waals surface area contributed by atoms with Gasteiger partial charge in [-0.2, -0.15) is 0 Å². The number of anilines is 2. The lowest BCUT2D eigenvalue weighted by atomic mass is 10.1. The van der Waals surface area contributed by atoms with Crippen LogP contribution in [-0.2, 0) is 13.0 Å². The summed E-state index contributed by atoms with van der Waals surface area (Å²) in [5.41, 5.74) is 10.9. The van der Waals surface area contributed by atoms with Gasteiger partial charge in [0.1, 0.15) is 0 Å². The van der Waals surface area contributed by atoms with Crippen LogP contribution in [0.5, 0.6) is 0 Å². The summed E-state index contributed by atoms with van der Waals surface area (Å²) in [7, 11) is 0. The van der Waals surface area contributed by atoms with E-state index < -0.39 is 0 Å². The molecule has 106 valence electrons. The number of nitrogen functional groups attached to an aromatic ring is 1. The average Bonchev–Trinajstić information content (AvgIpc) is 2.54. The topological polar surface area (TPSA) is 63.8 Å². The highest BCUT2D eigenvalue weighted by Crippen LogP contribution is 2.28. The Kier molecular flexibility index (Phi) is 3.69. The van der Waals surface area contributed by atoms with Crippen LogP contribution in [0, 0.1) is 0 Å². The van der Waals surface area contributed by atoms with Crippen LogP contribution in [0.4, 0.5) is 11.4 Å². The van der Waals surface area contributed by atoms with Crippen LogP contribution in [-0.4, -0.2) is 9.97 Å². The van der Waals surface area contributed by atoms with Gasteiger partial charge in [-0.1, -0.05) is 31.2 Å². The normalized spacial score (nSPS) is 10.7. The summed E-state index contributed by atoms with van der Waals surface area (Å²) in [4.78, 5) is 8.80. The fourth-order valence-corrected chi connectivity index (χ4v) is 2.48. The molecule has 0 saturated carbocycles. The summed E-state index contributed by atoms with van der Waals surface area (Å²) in [6, 6.07) is 12.1. The molecule has 1 aromatic carbocycles. The highest BCUT2D eigenvalue weighted by molar-refractivity contribution is 5.96. The van der Waals surface area contributed by atoms with Crippen molar-refractivity contribution < 1.29 is 0 Å². The first-order valence-corrected chi connectivity index (χ1v) is 7.09. The van der Waals surface area contributed by atoms with E-state index in [0.29, 0.717) is 12.2 Å². The maximum absolute atomic E-state index is 6.08. The van der Waals surface area contributed by atoms with Gasteiger partial charge in [0.25, 0.3) is 0 Å². The van der Waals surface area contributed by atoms with Gasteiger partial charge in [0.15, 0.2) is 0 Å². The number of rotatable bonds is 4. The third kappa shape index (κ3) is 2.65. The summed E-state index contributed by atoms with van der Waals surface area (Å²) in [5.74, 6) is 0. The maximum atomic E-state index is 6.08. The third-order valence-electron chi connectivity index (χ3n) is 3.60. The molecule has 0 radical (unpaired) electrons. The van der Waals surface area contributed by atoms with E-state index in [4.69, 9.17) is 5.73 Å². The van der Waals surface area contributed by atoms with E-state index >= 15 is 0 Å². The van der Waals surface area contributed by atoms with Crippen LogP contribution in [0.15, 0.2) is 48.8 Å². The SMILES string of the molecule is CCc1cccnc1CNc1c(N)cnc2ccccc12. The molecule has 2 aromatic heterocycles. The molecule has 0 aliphatic heterocycles. The van der Waals surface area contributed by atoms with Gasteiger partial charge >= 0.3 is 0 Å². The molecule has 4 nitrogen and oxygen atoms in total. The lowest BCUT2D eigenvalue weighted by Gasteiger charge is -2.13. The van der Waals surface area contributed by atoms with Crippen molar-refractivity contribution in [1.82, 2.24) is 9.97 Å². The monoisotopic (exact) mass is 278 g/mol. The molecule has 3 aromatic rings. The lowest BCUT2D eigenvalue weighted by Crippen LogP contribution is -2.07. The van der Waals surface area contributed by atoms with Gasteiger partial charge in [-0.05, 0) is 24.1 Å². The number of benzene rings is 1. The van der Waals surface area contributed by atoms with Gasteiger partial charge in [0.05, 0.1) is 35.3 Å². The predicted octanol–water partition coefficient (Wildman–Crippen LogP) is 3.39. The summed E-state index contributed by atoms with van der Waals surface area (Å²) in [6.45, 7) is 2.79. The second-order valence-corrected chi connectivity index (χ2v) is 4.92. The molecule has 2 heterocycles. The number of aryl methyl sites for hydroxylation is 1. The number of nitrogens with one attached hydrogen (secondary N) is 1. The molecule has 3 N–H and O–H groups in total. The third-order valence-corrected chi connectivity index (χ3v) is 3.60. The van der Waals surface area contributed by atoms with Gasteiger partial charge in [0.2, 0.25) is 0 Å². The van der Waals surface area contributed by atoms with Gasteiger partial charge in [-0.15, -0.1) is 0 Å². The minimum atomic E-state index is 0.655. The first-order valence-electron chi connectivity index (χ1n) is 7.09. The second kappa shape index (κ2) is 5.79. The zero-order valence-electron chi connectivity index (χ0n) is 12.0. The van der Waals surface area contributed by atoms with Crippen molar-refractivity contribution in [2.75, 3.05) is 11.1 Å². The Bertz CT molecular complexity index is 768. The average molecular weight is 278 g/mol. The van der Waals surface area contributed by atoms with Gasteiger partial charge < -0.3 is 11.1 Å². The van der Waals surface area contributed by atoms with Crippen LogP contribution in [0.3, 0.4) is 0 Å². The molecular weight excluding hydrogens is 260 g/mol. The Hall–Kier alpha value is -2.62. The summed E-state index contributed by atoms with van der Waals surface area (Å²) >= 11 is 0. The number of para-hydroxylation sites is 1. The molecule has 0 atom stereocenters. The van der Waals surface area contributed by atoms with E-state index in [0.717, 1.165) is 28.7 Å². The van der Waals surface area contributed by atoms with Crippen molar-refractivity contribution >= 4 is 22.3 Å². The number of hydrogen-bond donors (Lipinski definition) is 2. The number of nitrogens with zero attached hydrogens (tertiary/aromatic N) is 2. The predicted molar refractivity (Wildman–Crippen MR) is 87.1 cm³/mol. The molecule has 0 amide bonds. The van der Waals surface area contributed by atoms with Crippen LogP contribution in [0.25, 0.3) is 10.9 Å². The Labute approximate surface area is 124 Å². The number of hydrogen-bond acceptors (Lipinski definition) is 4. The molecule has 0 saturated heterocycles. The maximum Gasteiger partial charge on any atom is 0.0743 e. The van der Waals surface area contributed by atoms with E-state index in [2.05, 4.69) is 28.3 Å². The molecule has 0 spiro atoms. The van der Waals surface area contributed by atoms with Crippen molar-refractivity contribution in [3.05, 3.63) is 60.0 Å². The molecule has 0 aliphatic rings. The van der Waals surface area contributed by atoms with Crippen LogP contribution in [0.2, 0.25) is 0 Å². The van der Waals surface area contributed by atoms with Crippen molar-refractivity contribution in [3.63, 3.8) is 0 Å². The Balaban J connectivity index is 1.93. The van der Waals surface area contributed by atoms with Gasteiger partial charge in [0, 0.05) is 11.6 Å². The highest BCUT2D eigenvalue weighted by Gasteiger charge is 2.07. The minimum absolute atomic E-state index is 0.655. The first kappa shape index (κ1) is 13.4. The number of pyridine rings is 2. The van der Waals surface area contributed by atoms with E-state index in [-0.39, 0.29) is 0 Å². The molecule has 0 fully saturated rings. The van der Waals surface area contributed by atoms with Gasteiger partial charge in [-0.3, -0.25) is 9.97 Å². The van der Waals surface area contributed by atoms with Crippen molar-refractivity contribution in [1.29, 1.82) is 0 Å². The van der Waals surface area contributed by atoms with Crippen molar-refractivity contribution in [2.24, 2.45) is 0 Å². The molecule has 21 heavy (non-hydrogen) atoms. The van der Waals surface area contributed by atoms with Crippen molar-refractivity contribution in [3.8, 4) is 0 Å². The quantitative estimate of drug-likeness (QED) is 0.768. The largest absolute Gasteiger partial charge is 0.396 e. The van der Waals surface area contributed by atoms with E-state index in [1.807, 2.05) is 36.5 Å². The van der Waals surface area contributed by atoms with E-state index in [9.17, 15) is 0 Å². The van der Waals surface area contributed by atoms with Crippen LogP contribution in [0.1, 0.15) is 18.2 Å².